The second-order valence-electron chi connectivity index (χ2n) is 8.88. The Morgan fingerprint density at radius 3 is 2.64 bits per heavy atom. The number of nitrogens with one attached hydrogen (secondary N) is 2. The molecule has 1 spiro atoms. The van der Waals surface area contributed by atoms with Gasteiger partial charge in [-0.15, -0.1) is 0 Å². The number of hydrogen-bond acceptors (Lipinski definition) is 7. The lowest BCUT2D eigenvalue weighted by Gasteiger charge is -2.55. The zero-order valence-electron chi connectivity index (χ0n) is 18.2. The van der Waals surface area contributed by atoms with Crippen molar-refractivity contribution in [2.45, 2.75) is 4.90 Å². The van der Waals surface area contributed by atoms with Crippen LogP contribution in [0.3, 0.4) is 0 Å². The molecular weight excluding hydrogens is 434 g/mol. The number of benzene rings is 1. The summed E-state index contributed by atoms with van der Waals surface area (Å²) in [5, 5.41) is 22.5. The number of aromatic nitrogens is 4. The van der Waals surface area contributed by atoms with Gasteiger partial charge in [0.1, 0.15) is 5.49 Å². The maximum absolute atomic E-state index is 8.65. The average Bonchev–Trinajstić information content (AvgIpc) is 3.18. The van der Waals surface area contributed by atoms with E-state index in [0.717, 1.165) is 58.9 Å². The van der Waals surface area contributed by atoms with Crippen molar-refractivity contribution >= 4 is 33.5 Å². The molecule has 2 aliphatic rings. The van der Waals surface area contributed by atoms with Crippen LogP contribution in [-0.2, 0) is 11.8 Å². The first-order valence-corrected chi connectivity index (χ1v) is 11.6. The molecule has 8 nitrogen and oxygen atoms in total. The summed E-state index contributed by atoms with van der Waals surface area (Å²) in [6.45, 7) is 3.78. The lowest BCUT2D eigenvalue weighted by atomic mass is 9.78. The Morgan fingerprint density at radius 2 is 1.91 bits per heavy atom. The molecule has 4 aromatic rings. The summed E-state index contributed by atoms with van der Waals surface area (Å²) in [5.74, 6) is 0. The van der Waals surface area contributed by atoms with E-state index in [4.69, 9.17) is 15.6 Å². The minimum atomic E-state index is 0.261. The predicted octanol–water partition coefficient (Wildman–Crippen LogP) is 3.33. The lowest BCUT2D eigenvalue weighted by Crippen LogP contribution is -2.66. The normalized spacial score (nSPS) is 16.6. The van der Waals surface area contributed by atoms with Crippen LogP contribution in [0.25, 0.3) is 22.0 Å². The smallest absolute Gasteiger partial charge is 0.171 e. The van der Waals surface area contributed by atoms with Gasteiger partial charge in [0.15, 0.2) is 5.17 Å². The molecule has 9 heteroatoms. The van der Waals surface area contributed by atoms with Crippen molar-refractivity contribution in [3.05, 3.63) is 66.7 Å². The number of rotatable bonds is 3. The van der Waals surface area contributed by atoms with Crippen LogP contribution in [0.4, 0.5) is 5.69 Å². The van der Waals surface area contributed by atoms with Gasteiger partial charge in [-0.05, 0) is 36.4 Å². The summed E-state index contributed by atoms with van der Waals surface area (Å²) in [6.07, 6.45) is 7.47. The van der Waals surface area contributed by atoms with Gasteiger partial charge < -0.3 is 9.64 Å². The monoisotopic (exact) mass is 457 g/mol. The number of fused-ring (bicyclic) bond motifs is 1. The number of nitrogens with zero attached hydrogens (tertiary/aromatic N) is 5. The summed E-state index contributed by atoms with van der Waals surface area (Å²) in [7, 11) is 1.87. The van der Waals surface area contributed by atoms with Crippen molar-refractivity contribution in [2.75, 3.05) is 31.2 Å². The fourth-order valence-corrected chi connectivity index (χ4v) is 5.22. The van der Waals surface area contributed by atoms with Crippen LogP contribution in [0.5, 0.6) is 0 Å². The van der Waals surface area contributed by atoms with Gasteiger partial charge in [-0.25, -0.2) is 0 Å². The Labute approximate surface area is 194 Å². The molecule has 1 aromatic carbocycles. The van der Waals surface area contributed by atoms with Gasteiger partial charge in [0.05, 0.1) is 42.2 Å². The molecule has 2 saturated heterocycles. The molecule has 6 rings (SSSR count). The van der Waals surface area contributed by atoms with Gasteiger partial charge in [-0.1, -0.05) is 11.8 Å². The molecule has 0 radical (unpaired) electrons. The number of ether oxygens (including phenoxy) is 1. The summed E-state index contributed by atoms with van der Waals surface area (Å²) in [6, 6.07) is 11.8. The first-order chi connectivity index (χ1) is 16.0. The van der Waals surface area contributed by atoms with Crippen LogP contribution >= 0.6 is 11.8 Å². The molecular formula is C24H23N7OS. The fraction of sp³-hybridized carbons (Fsp3) is 0.250. The number of pyridine rings is 2. The molecule has 2 fully saturated rings. The van der Waals surface area contributed by atoms with E-state index in [2.05, 4.69) is 27.1 Å². The van der Waals surface area contributed by atoms with Crippen LogP contribution in [0.2, 0.25) is 0 Å². The van der Waals surface area contributed by atoms with E-state index in [-0.39, 0.29) is 10.7 Å². The molecule has 3 aromatic heterocycles. The minimum absolute atomic E-state index is 0.261. The highest BCUT2D eigenvalue weighted by Crippen LogP contribution is 2.40. The van der Waals surface area contributed by atoms with Crippen molar-refractivity contribution < 1.29 is 4.74 Å². The second kappa shape index (κ2) is 7.57. The Hall–Kier alpha value is -3.43. The maximum atomic E-state index is 8.65. The highest BCUT2D eigenvalue weighted by Gasteiger charge is 2.49. The molecule has 0 atom stereocenters. The average molecular weight is 458 g/mol. The fourth-order valence-electron chi connectivity index (χ4n) is 4.42. The van der Waals surface area contributed by atoms with Crippen molar-refractivity contribution in [1.29, 1.82) is 10.8 Å². The first kappa shape index (κ1) is 20.2. The first-order valence-electron chi connectivity index (χ1n) is 10.7. The molecule has 166 valence electrons. The van der Waals surface area contributed by atoms with E-state index in [1.807, 2.05) is 43.8 Å². The molecule has 0 amide bonds. The van der Waals surface area contributed by atoms with Gasteiger partial charge in [-0.3, -0.25) is 25.1 Å². The third-order valence-corrected chi connectivity index (χ3v) is 7.17. The van der Waals surface area contributed by atoms with Crippen molar-refractivity contribution in [3.63, 3.8) is 0 Å². The molecule has 0 bridgehead atoms. The second-order valence-corrected chi connectivity index (χ2v) is 9.94. The van der Waals surface area contributed by atoms with Crippen molar-refractivity contribution in [1.82, 2.24) is 19.3 Å². The van der Waals surface area contributed by atoms with E-state index in [9.17, 15) is 0 Å². The summed E-state index contributed by atoms with van der Waals surface area (Å²) < 4.78 is 8.71. The van der Waals surface area contributed by atoms with E-state index >= 15 is 0 Å². The van der Waals surface area contributed by atoms with E-state index in [1.54, 1.807) is 21.5 Å². The molecule has 5 heterocycles. The third-order valence-electron chi connectivity index (χ3n) is 6.29. The topological polar surface area (TPSA) is 95.8 Å². The number of hydrogen-bond donors (Lipinski definition) is 2. The van der Waals surface area contributed by atoms with Crippen molar-refractivity contribution in [2.24, 2.45) is 12.5 Å². The summed E-state index contributed by atoms with van der Waals surface area (Å²) >= 11 is 1.33. The Morgan fingerprint density at radius 1 is 1.06 bits per heavy atom. The Kier molecular flexibility index (Phi) is 4.63. The van der Waals surface area contributed by atoms with Crippen LogP contribution in [0, 0.1) is 16.2 Å². The van der Waals surface area contributed by atoms with Crippen molar-refractivity contribution in [3.8, 4) is 11.1 Å². The highest BCUT2D eigenvalue weighted by atomic mass is 32.2. The highest BCUT2D eigenvalue weighted by molar-refractivity contribution is 8.13. The van der Waals surface area contributed by atoms with Gasteiger partial charge in [0, 0.05) is 53.9 Å². The predicted molar refractivity (Wildman–Crippen MR) is 129 cm³/mol. The molecule has 0 aliphatic carbocycles. The largest absolute Gasteiger partial charge is 0.380 e. The zero-order chi connectivity index (χ0) is 22.6. The third kappa shape index (κ3) is 3.63. The van der Waals surface area contributed by atoms with Gasteiger partial charge in [0.25, 0.3) is 0 Å². The summed E-state index contributed by atoms with van der Waals surface area (Å²) in [5.41, 5.74) is 4.55. The Balaban J connectivity index is 1.24. The lowest BCUT2D eigenvalue weighted by molar-refractivity contribution is -0.127. The standard InChI is InChI=1S/C24H23N7OS/c1-29-10-18(8-28-29)16-2-5-22(25)31(11-16)23(26)33-20-3-4-21-17(7-20)6-19(9-27-21)30-12-24(13-30)14-32-15-24/h2-11,25-26H,12-15H2,1H3. The zero-order valence-corrected chi connectivity index (χ0v) is 19.0. The van der Waals surface area contributed by atoms with Gasteiger partial charge >= 0.3 is 0 Å². The van der Waals surface area contributed by atoms with Crippen LogP contribution in [0.15, 0.2) is 66.1 Å². The quantitative estimate of drug-likeness (QED) is 0.280. The van der Waals surface area contributed by atoms with E-state index < -0.39 is 0 Å². The van der Waals surface area contributed by atoms with Crippen LogP contribution < -0.4 is 10.4 Å². The van der Waals surface area contributed by atoms with Gasteiger partial charge in [0.2, 0.25) is 0 Å². The van der Waals surface area contributed by atoms with Crippen LogP contribution in [-0.4, -0.2) is 50.8 Å². The molecule has 2 N–H and O–H groups in total. The maximum Gasteiger partial charge on any atom is 0.171 e. The molecule has 2 aliphatic heterocycles. The number of thioether (sulfide) groups is 1. The number of anilines is 1. The molecule has 0 unspecified atom stereocenters. The van der Waals surface area contributed by atoms with E-state index in [0.29, 0.717) is 5.41 Å². The van der Waals surface area contributed by atoms with Gasteiger partial charge in [-0.2, -0.15) is 5.10 Å². The summed E-state index contributed by atoms with van der Waals surface area (Å²) in [4.78, 5) is 7.93. The Bertz CT molecular complexity index is 1440. The SMILES string of the molecule is Cn1cc(-c2ccc(=N)n(C(=N)Sc3ccc4ncc(N5CC6(COC6)C5)cc4c3)c2)cn1. The van der Waals surface area contributed by atoms with Crippen LogP contribution in [0.1, 0.15) is 0 Å². The molecule has 33 heavy (non-hydrogen) atoms. The number of aryl methyl sites for hydroxylation is 1. The van der Waals surface area contributed by atoms with E-state index in [1.165, 1.54) is 11.8 Å². The molecule has 0 saturated carbocycles. The minimum Gasteiger partial charge on any atom is -0.380 e.